The topological polar surface area (TPSA) is 264 Å². The monoisotopic (exact) mass is 1060 g/mol. The third-order valence-corrected chi connectivity index (χ3v) is 12.6. The van der Waals surface area contributed by atoms with Crippen molar-refractivity contribution in [3.05, 3.63) is 96.1 Å². The number of hydrogen-bond donors (Lipinski definition) is 3. The number of carbonyl (C=O) groups excluding carboxylic acids is 5. The van der Waals surface area contributed by atoms with E-state index < -0.39 is 59.2 Å². The molecule has 3 aliphatic rings. The van der Waals surface area contributed by atoms with Gasteiger partial charge in [-0.15, -0.1) is 0 Å². The van der Waals surface area contributed by atoms with E-state index >= 15 is 0 Å². The Bertz CT molecular complexity index is 3090. The summed E-state index contributed by atoms with van der Waals surface area (Å²) in [5.74, 6) is 0.00866. The van der Waals surface area contributed by atoms with Gasteiger partial charge in [0.05, 0.1) is 12.1 Å². The molecule has 0 spiro atoms. The highest BCUT2D eigenvalue weighted by Crippen LogP contribution is 2.30. The van der Waals surface area contributed by atoms with Gasteiger partial charge in [-0.05, 0) is 179 Å². The van der Waals surface area contributed by atoms with Crippen LogP contribution in [-0.2, 0) is 41.4 Å². The Kier molecular flexibility index (Phi) is 17.3. The summed E-state index contributed by atoms with van der Waals surface area (Å²) in [6.45, 7) is 17.7. The molecule has 0 unspecified atom stereocenters. The minimum absolute atomic E-state index is 0.0122. The van der Waals surface area contributed by atoms with Crippen molar-refractivity contribution in [2.45, 2.75) is 149 Å². The predicted molar refractivity (Wildman–Crippen MR) is 291 cm³/mol. The van der Waals surface area contributed by atoms with Crippen LogP contribution in [0.15, 0.2) is 93.8 Å². The maximum atomic E-state index is 13.2. The van der Waals surface area contributed by atoms with Gasteiger partial charge >= 0.3 is 24.2 Å². The molecule has 6 aromatic rings. The highest BCUT2D eigenvalue weighted by molar-refractivity contribution is 5.91. The largest absolute Gasteiger partial charge is 0.480 e. The lowest BCUT2D eigenvalue weighted by atomic mass is 10.0. The van der Waals surface area contributed by atoms with Crippen molar-refractivity contribution in [2.24, 2.45) is 0 Å². The molecule has 4 aromatic carbocycles. The van der Waals surface area contributed by atoms with Gasteiger partial charge in [0.25, 0.3) is 0 Å². The zero-order chi connectivity index (χ0) is 56.0. The number of amides is 3. The van der Waals surface area contributed by atoms with Gasteiger partial charge in [0.1, 0.15) is 33.9 Å². The molecule has 3 atom stereocenters. The van der Waals surface area contributed by atoms with Gasteiger partial charge in [-0.2, -0.15) is 0 Å². The highest BCUT2D eigenvalue weighted by Gasteiger charge is 2.39. The van der Waals surface area contributed by atoms with Gasteiger partial charge in [-0.1, -0.05) is 18.2 Å². The molecule has 3 aliphatic heterocycles. The molecule has 0 bridgehead atoms. The van der Waals surface area contributed by atoms with Crippen molar-refractivity contribution in [2.75, 3.05) is 31.1 Å². The fourth-order valence-electron chi connectivity index (χ4n) is 9.15. The number of benzene rings is 4. The first-order valence-corrected chi connectivity index (χ1v) is 26.0. The zero-order valence-electron chi connectivity index (χ0n) is 45.4. The predicted octanol–water partition coefficient (Wildman–Crippen LogP) is 10.6. The molecule has 77 heavy (non-hydrogen) atoms. The third kappa shape index (κ3) is 15.3. The number of aliphatic carboxylic acids is 1. The van der Waals surface area contributed by atoms with Crippen molar-refractivity contribution < 1.29 is 56.9 Å². The van der Waals surface area contributed by atoms with E-state index in [1.54, 1.807) is 48.8 Å². The van der Waals surface area contributed by atoms with E-state index in [1.165, 1.54) is 4.90 Å². The Balaban J connectivity index is 0.000000217. The first kappa shape index (κ1) is 56.8. The summed E-state index contributed by atoms with van der Waals surface area (Å²) >= 11 is 0. The Hall–Kier alpha value is -7.96. The number of oxazole rings is 2. The summed E-state index contributed by atoms with van der Waals surface area (Å²) in [5, 5.41) is 8.88. The van der Waals surface area contributed by atoms with Gasteiger partial charge < -0.3 is 39.6 Å². The molecule has 3 fully saturated rings. The minimum Gasteiger partial charge on any atom is -0.480 e. The second-order valence-electron chi connectivity index (χ2n) is 22.5. The Labute approximate surface area is 448 Å². The first-order chi connectivity index (χ1) is 36.2. The van der Waals surface area contributed by atoms with Gasteiger partial charge in [0.15, 0.2) is 22.7 Å². The van der Waals surface area contributed by atoms with Crippen LogP contribution in [0.3, 0.4) is 0 Å². The van der Waals surface area contributed by atoms with E-state index in [0.29, 0.717) is 73.2 Å². The highest BCUT2D eigenvalue weighted by atomic mass is 16.6. The number of rotatable bonds is 9. The quantitative estimate of drug-likeness (QED) is 0.0897. The molecule has 19 heteroatoms. The number of ether oxygens (including phenoxy) is 3. The standard InChI is InChI=1S/C35H43N3O7.C13H11N3O.C10H17NO4/c1-34(2,3)44-32(41)37-17-7-9-26(37)28(39)20-22-11-14-24(15-12-22)31-36-25-19-23(13-16-30(25)43-31)21-29(40)27-10-8-18-38(27)33(42)45-35(4,5)6;14-9-3-1-8(2-4-9)13-16-11-7-10(15)5-6-12(11)17-13;1-10(2,3)15-9(14)11-6-4-5-7(11)8(12)13/h11-16,19,26-27H,7-10,17-18,20-21H2,1-6H3;1-7H,14-15H2;7H,4-6H2,1-3H3,(H,12,13)/t26-,27-;;7-/m0.1/s1. The second kappa shape index (κ2) is 23.5. The number of fused-ring (bicyclic) bond motifs is 2. The summed E-state index contributed by atoms with van der Waals surface area (Å²) < 4.78 is 27.8. The van der Waals surface area contributed by atoms with Crippen molar-refractivity contribution >= 4 is 69.4 Å². The van der Waals surface area contributed by atoms with Crippen LogP contribution in [0.4, 0.5) is 25.8 Å². The molecule has 410 valence electrons. The fourth-order valence-corrected chi connectivity index (χ4v) is 9.15. The van der Waals surface area contributed by atoms with Gasteiger partial charge in [-0.3, -0.25) is 24.3 Å². The molecule has 19 nitrogen and oxygen atoms in total. The average Bonchev–Trinajstić information content (AvgIpc) is 4.21. The summed E-state index contributed by atoms with van der Waals surface area (Å²) in [5.41, 5.74) is 16.9. The maximum absolute atomic E-state index is 13.2. The molecule has 0 radical (unpaired) electrons. The molecule has 0 saturated carbocycles. The van der Waals surface area contributed by atoms with E-state index in [1.807, 2.05) is 108 Å². The molecule has 3 saturated heterocycles. The molecule has 2 aromatic heterocycles. The number of hydrogen-bond acceptors (Lipinski definition) is 15. The molecule has 3 amide bonds. The van der Waals surface area contributed by atoms with Crippen molar-refractivity contribution in [3.8, 4) is 22.9 Å². The summed E-state index contributed by atoms with van der Waals surface area (Å²) in [7, 11) is 0. The van der Waals surface area contributed by atoms with Gasteiger partial charge in [-0.25, -0.2) is 29.1 Å². The number of nitrogens with two attached hydrogens (primary N) is 2. The average molecular weight is 1060 g/mol. The van der Waals surface area contributed by atoms with Crippen LogP contribution in [0.2, 0.25) is 0 Å². The van der Waals surface area contributed by atoms with Crippen molar-refractivity contribution in [1.29, 1.82) is 0 Å². The smallest absolute Gasteiger partial charge is 0.411 e. The van der Waals surface area contributed by atoms with Crippen LogP contribution in [0.1, 0.15) is 112 Å². The van der Waals surface area contributed by atoms with Crippen LogP contribution in [0.5, 0.6) is 0 Å². The van der Waals surface area contributed by atoms with Crippen molar-refractivity contribution in [1.82, 2.24) is 24.7 Å². The molecule has 5 N–H and O–H groups in total. The number of aromatic nitrogens is 2. The van der Waals surface area contributed by atoms with E-state index in [4.69, 9.17) is 39.6 Å². The normalized spacial score (nSPS) is 17.6. The number of carboxylic acid groups (broad SMARTS) is 1. The van der Waals surface area contributed by atoms with E-state index in [9.17, 15) is 28.8 Å². The second-order valence-corrected chi connectivity index (χ2v) is 22.5. The zero-order valence-corrected chi connectivity index (χ0v) is 45.4. The number of likely N-dealkylation sites (tertiary alicyclic amines) is 3. The van der Waals surface area contributed by atoms with Gasteiger partial charge in [0, 0.05) is 55.0 Å². The number of carbonyl (C=O) groups is 6. The summed E-state index contributed by atoms with van der Waals surface area (Å²) in [6, 6.07) is 24.1. The Morgan fingerprint density at radius 2 is 0.883 bits per heavy atom. The third-order valence-electron chi connectivity index (χ3n) is 12.6. The Morgan fingerprint density at radius 3 is 1.32 bits per heavy atom. The number of Topliss-reactive ketones (excluding diaryl/α,β-unsaturated/α-hetero) is 2. The van der Waals surface area contributed by atoms with Crippen LogP contribution in [0, 0.1) is 0 Å². The SMILES string of the molecule is CC(C)(C)OC(=O)N1CCC[C@@H]1C(=O)O.CC(C)(C)OC(=O)N1CCC[C@H]1C(=O)Cc1ccc(-c2nc3cc(CC(=O)[C@@H]4CCCN4C(=O)OC(C)(C)C)ccc3o2)cc1.Nc1ccc(-c2nc3cc(N)ccc3o2)cc1. The van der Waals surface area contributed by atoms with E-state index in [-0.39, 0.29) is 24.4 Å². The van der Waals surface area contributed by atoms with Crippen LogP contribution >= 0.6 is 0 Å². The van der Waals surface area contributed by atoms with Crippen LogP contribution < -0.4 is 11.5 Å². The number of ketones is 2. The van der Waals surface area contributed by atoms with Crippen LogP contribution in [0.25, 0.3) is 45.1 Å². The molecule has 5 heterocycles. The molecular weight excluding hydrogens is 987 g/mol. The maximum Gasteiger partial charge on any atom is 0.411 e. The first-order valence-electron chi connectivity index (χ1n) is 26.0. The molecule has 9 rings (SSSR count). The summed E-state index contributed by atoms with van der Waals surface area (Å²) in [4.78, 5) is 87.5. The van der Waals surface area contributed by atoms with Crippen LogP contribution in [-0.4, -0.2) is 120 Å². The lowest BCUT2D eigenvalue weighted by molar-refractivity contribution is -0.142. The van der Waals surface area contributed by atoms with Gasteiger partial charge in [0.2, 0.25) is 11.8 Å². The summed E-state index contributed by atoms with van der Waals surface area (Å²) in [6.07, 6.45) is 2.97. The molecular formula is C58H71N7O12. The number of anilines is 2. The Morgan fingerprint density at radius 1 is 0.519 bits per heavy atom. The van der Waals surface area contributed by atoms with Crippen molar-refractivity contribution in [3.63, 3.8) is 0 Å². The minimum atomic E-state index is -0.960. The lowest BCUT2D eigenvalue weighted by Crippen LogP contribution is -2.43. The van der Waals surface area contributed by atoms with E-state index in [0.717, 1.165) is 52.6 Å². The number of carboxylic acids is 1. The molecule has 0 aliphatic carbocycles. The number of nitrogen functional groups attached to an aromatic ring is 2. The fraction of sp³-hybridized carbons (Fsp3) is 0.448. The van der Waals surface area contributed by atoms with E-state index in [2.05, 4.69) is 9.97 Å². The number of nitrogens with zero attached hydrogens (tertiary/aromatic N) is 5. The lowest BCUT2D eigenvalue weighted by Gasteiger charge is -2.28.